The first-order chi connectivity index (χ1) is 9.60. The van der Waals surface area contributed by atoms with E-state index < -0.39 is 0 Å². The van der Waals surface area contributed by atoms with Crippen LogP contribution in [0.5, 0.6) is 0 Å². The number of nitrogens with one attached hydrogen (secondary N) is 1. The summed E-state index contributed by atoms with van der Waals surface area (Å²) in [5, 5.41) is 13.1. The molecular formula is C17H17ClN2. The minimum Gasteiger partial charge on any atom is -0.310 e. The van der Waals surface area contributed by atoms with Gasteiger partial charge < -0.3 is 5.32 Å². The molecule has 3 heteroatoms. The number of hydrogen-bond acceptors (Lipinski definition) is 2. The molecule has 2 aromatic rings. The van der Waals surface area contributed by atoms with Gasteiger partial charge in [0.15, 0.2) is 0 Å². The number of nitrogens with zero attached hydrogens (tertiary/aromatic N) is 1. The topological polar surface area (TPSA) is 35.8 Å². The molecule has 0 aliphatic carbocycles. The van der Waals surface area contributed by atoms with Gasteiger partial charge >= 0.3 is 0 Å². The summed E-state index contributed by atoms with van der Waals surface area (Å²) >= 11 is 6.12. The zero-order valence-corrected chi connectivity index (χ0v) is 12.4. The first kappa shape index (κ1) is 14.6. The van der Waals surface area contributed by atoms with Crippen LogP contribution in [0.3, 0.4) is 0 Å². The Kier molecular flexibility index (Phi) is 4.79. The van der Waals surface area contributed by atoms with Crippen molar-refractivity contribution in [1.29, 1.82) is 5.26 Å². The van der Waals surface area contributed by atoms with E-state index in [1.807, 2.05) is 36.4 Å². The molecular weight excluding hydrogens is 268 g/mol. The van der Waals surface area contributed by atoms with Gasteiger partial charge in [0.25, 0.3) is 0 Å². The molecule has 0 amide bonds. The number of hydrogen-bond donors (Lipinski definition) is 1. The van der Waals surface area contributed by atoms with E-state index in [4.69, 9.17) is 16.9 Å². The summed E-state index contributed by atoms with van der Waals surface area (Å²) in [4.78, 5) is 0. The molecule has 0 unspecified atom stereocenters. The maximum absolute atomic E-state index is 9.02. The number of benzene rings is 2. The molecule has 102 valence electrons. The minimum atomic E-state index is 0.420. The summed E-state index contributed by atoms with van der Waals surface area (Å²) in [5.74, 6) is 0. The van der Waals surface area contributed by atoms with E-state index >= 15 is 0 Å². The highest BCUT2D eigenvalue weighted by atomic mass is 35.5. The average Bonchev–Trinajstić information content (AvgIpc) is 2.46. The second kappa shape index (κ2) is 6.56. The van der Waals surface area contributed by atoms with Crippen molar-refractivity contribution in [2.24, 2.45) is 0 Å². The Balaban J connectivity index is 2.43. The quantitative estimate of drug-likeness (QED) is 0.904. The maximum Gasteiger partial charge on any atom is 0.0991 e. The van der Waals surface area contributed by atoms with Crippen molar-refractivity contribution < 1.29 is 0 Å². The Labute approximate surface area is 125 Å². The third kappa shape index (κ3) is 3.60. The molecule has 0 spiro atoms. The molecule has 0 aliphatic rings. The lowest BCUT2D eigenvalue weighted by Crippen LogP contribution is -2.22. The average molecular weight is 285 g/mol. The van der Waals surface area contributed by atoms with Crippen LogP contribution in [0.4, 0.5) is 0 Å². The van der Waals surface area contributed by atoms with Gasteiger partial charge in [-0.25, -0.2) is 0 Å². The minimum absolute atomic E-state index is 0.420. The van der Waals surface area contributed by atoms with Crippen LogP contribution in [0.2, 0.25) is 5.02 Å². The third-order valence-corrected chi connectivity index (χ3v) is 3.31. The Morgan fingerprint density at radius 2 is 2.00 bits per heavy atom. The summed E-state index contributed by atoms with van der Waals surface area (Å²) in [6.07, 6.45) is 0. The van der Waals surface area contributed by atoms with E-state index in [1.54, 1.807) is 6.07 Å². The van der Waals surface area contributed by atoms with Crippen molar-refractivity contribution in [3.8, 4) is 17.2 Å². The lowest BCUT2D eigenvalue weighted by Gasteiger charge is -2.13. The molecule has 0 aromatic heterocycles. The van der Waals surface area contributed by atoms with E-state index in [2.05, 4.69) is 25.2 Å². The van der Waals surface area contributed by atoms with Crippen LogP contribution in [0.25, 0.3) is 11.1 Å². The van der Waals surface area contributed by atoms with E-state index in [0.29, 0.717) is 16.6 Å². The first-order valence-electron chi connectivity index (χ1n) is 6.62. The van der Waals surface area contributed by atoms with Gasteiger partial charge in [-0.2, -0.15) is 5.26 Å². The van der Waals surface area contributed by atoms with Crippen LogP contribution in [0.1, 0.15) is 25.0 Å². The first-order valence-corrected chi connectivity index (χ1v) is 7.00. The molecule has 20 heavy (non-hydrogen) atoms. The number of nitriles is 1. The number of rotatable bonds is 4. The summed E-state index contributed by atoms with van der Waals surface area (Å²) in [6.45, 7) is 5.01. The Morgan fingerprint density at radius 1 is 1.20 bits per heavy atom. The van der Waals surface area contributed by atoms with Crippen LogP contribution < -0.4 is 5.32 Å². The molecule has 0 bridgehead atoms. The van der Waals surface area contributed by atoms with E-state index in [9.17, 15) is 0 Å². The van der Waals surface area contributed by atoms with Gasteiger partial charge in [-0.3, -0.25) is 0 Å². The summed E-state index contributed by atoms with van der Waals surface area (Å²) < 4.78 is 0. The maximum atomic E-state index is 9.02. The fourth-order valence-corrected chi connectivity index (χ4v) is 2.21. The lowest BCUT2D eigenvalue weighted by atomic mass is 9.98. The standard InChI is InChI=1S/C17H17ClN2/c1-12(2)20-11-15-6-7-16(18)9-17(15)14-5-3-4-13(8-14)10-19/h3-9,12,20H,11H2,1-2H3. The van der Waals surface area contributed by atoms with Crippen LogP contribution in [0, 0.1) is 11.3 Å². The molecule has 2 nitrogen and oxygen atoms in total. The van der Waals surface area contributed by atoms with Crippen LogP contribution in [-0.4, -0.2) is 6.04 Å². The highest BCUT2D eigenvalue weighted by Crippen LogP contribution is 2.27. The summed E-state index contributed by atoms with van der Waals surface area (Å²) in [7, 11) is 0. The van der Waals surface area contributed by atoms with Crippen molar-refractivity contribution in [3.05, 3.63) is 58.6 Å². The highest BCUT2D eigenvalue weighted by molar-refractivity contribution is 6.30. The SMILES string of the molecule is CC(C)NCc1ccc(Cl)cc1-c1cccc(C#N)c1. The molecule has 2 rings (SSSR count). The predicted octanol–water partition coefficient (Wildman–Crippen LogP) is 4.38. The smallest absolute Gasteiger partial charge is 0.0991 e. The van der Waals surface area contributed by atoms with Crippen LogP contribution in [0.15, 0.2) is 42.5 Å². The molecule has 0 fully saturated rings. The fraction of sp³-hybridized carbons (Fsp3) is 0.235. The van der Waals surface area contributed by atoms with Gasteiger partial charge in [-0.05, 0) is 41.0 Å². The monoisotopic (exact) mass is 284 g/mol. The van der Waals surface area contributed by atoms with Gasteiger partial charge in [0.05, 0.1) is 11.6 Å². The highest BCUT2D eigenvalue weighted by Gasteiger charge is 2.07. The Morgan fingerprint density at radius 3 is 2.70 bits per heavy atom. The van der Waals surface area contributed by atoms with Gasteiger partial charge in [-0.1, -0.05) is 43.6 Å². The van der Waals surface area contributed by atoms with Crippen molar-refractivity contribution in [2.45, 2.75) is 26.4 Å². The van der Waals surface area contributed by atoms with Crippen LogP contribution >= 0.6 is 11.6 Å². The van der Waals surface area contributed by atoms with E-state index in [0.717, 1.165) is 17.7 Å². The van der Waals surface area contributed by atoms with Crippen molar-refractivity contribution in [3.63, 3.8) is 0 Å². The van der Waals surface area contributed by atoms with E-state index in [-0.39, 0.29) is 0 Å². The molecule has 0 saturated carbocycles. The molecule has 0 heterocycles. The fourth-order valence-electron chi connectivity index (χ4n) is 2.04. The van der Waals surface area contributed by atoms with Crippen molar-refractivity contribution in [2.75, 3.05) is 0 Å². The molecule has 1 N–H and O–H groups in total. The third-order valence-electron chi connectivity index (χ3n) is 3.08. The summed E-state index contributed by atoms with van der Waals surface area (Å²) in [6, 6.07) is 16.1. The van der Waals surface area contributed by atoms with Gasteiger partial charge in [0, 0.05) is 17.6 Å². The Bertz CT molecular complexity index is 642. The van der Waals surface area contributed by atoms with Crippen molar-refractivity contribution in [1.82, 2.24) is 5.32 Å². The van der Waals surface area contributed by atoms with Gasteiger partial charge in [-0.15, -0.1) is 0 Å². The zero-order valence-electron chi connectivity index (χ0n) is 11.7. The van der Waals surface area contributed by atoms with Crippen molar-refractivity contribution >= 4 is 11.6 Å². The van der Waals surface area contributed by atoms with E-state index in [1.165, 1.54) is 5.56 Å². The van der Waals surface area contributed by atoms with Crippen LogP contribution in [-0.2, 0) is 6.54 Å². The summed E-state index contributed by atoms with van der Waals surface area (Å²) in [5.41, 5.74) is 3.93. The largest absolute Gasteiger partial charge is 0.310 e. The lowest BCUT2D eigenvalue weighted by molar-refractivity contribution is 0.589. The van der Waals surface area contributed by atoms with Gasteiger partial charge in [0.1, 0.15) is 0 Å². The molecule has 2 aromatic carbocycles. The molecule has 0 aliphatic heterocycles. The second-order valence-corrected chi connectivity index (χ2v) is 5.47. The van der Waals surface area contributed by atoms with Gasteiger partial charge in [0.2, 0.25) is 0 Å². The Hall–Kier alpha value is -1.82. The zero-order chi connectivity index (χ0) is 14.5. The number of halogens is 1. The predicted molar refractivity (Wildman–Crippen MR) is 83.6 cm³/mol. The molecule has 0 saturated heterocycles. The molecule has 0 atom stereocenters. The normalized spacial score (nSPS) is 10.6. The molecule has 0 radical (unpaired) electrons. The second-order valence-electron chi connectivity index (χ2n) is 5.03.